The van der Waals surface area contributed by atoms with E-state index in [1.54, 1.807) is 11.7 Å². The molecule has 25 heavy (non-hydrogen) atoms. The highest BCUT2D eigenvalue weighted by atomic mass is 16.2. The number of aromatic amines is 1. The number of nitrogens with one attached hydrogen (secondary N) is 1. The molecule has 3 heterocycles. The summed E-state index contributed by atoms with van der Waals surface area (Å²) in [6, 6.07) is 0.708. The molecule has 0 aliphatic carbocycles. The van der Waals surface area contributed by atoms with Crippen LogP contribution in [-0.2, 0) is 18.3 Å². The van der Waals surface area contributed by atoms with Gasteiger partial charge < -0.3 is 4.90 Å². The first-order valence-corrected chi connectivity index (χ1v) is 9.21. The molecule has 6 heteroatoms. The Morgan fingerprint density at radius 3 is 2.72 bits per heavy atom. The SMILES string of the molecule is CC[C@@H]1CC[C@H](C)N1C(=O)CCc1c(C)nc2c(c1C)c(=O)[nH]n2C. The fourth-order valence-electron chi connectivity index (χ4n) is 4.30. The predicted octanol–water partition coefficient (Wildman–Crippen LogP) is 2.60. The molecule has 0 spiro atoms. The van der Waals surface area contributed by atoms with Crippen molar-refractivity contribution in [2.45, 2.75) is 71.9 Å². The fourth-order valence-corrected chi connectivity index (χ4v) is 4.30. The highest BCUT2D eigenvalue weighted by Crippen LogP contribution is 2.28. The van der Waals surface area contributed by atoms with Crippen molar-refractivity contribution in [1.29, 1.82) is 0 Å². The Bertz CT molecular complexity index is 864. The van der Waals surface area contributed by atoms with E-state index >= 15 is 0 Å². The molecule has 1 fully saturated rings. The number of carbonyl (C=O) groups excluding carboxylic acids is 1. The second-order valence-corrected chi connectivity index (χ2v) is 7.29. The van der Waals surface area contributed by atoms with E-state index in [9.17, 15) is 9.59 Å². The van der Waals surface area contributed by atoms with E-state index in [1.165, 1.54) is 0 Å². The topological polar surface area (TPSA) is 71.0 Å². The summed E-state index contributed by atoms with van der Waals surface area (Å²) < 4.78 is 1.66. The lowest BCUT2D eigenvalue weighted by atomic mass is 10.00. The zero-order valence-corrected chi connectivity index (χ0v) is 15.8. The molecule has 6 nitrogen and oxygen atoms in total. The minimum Gasteiger partial charge on any atom is -0.337 e. The lowest BCUT2D eigenvalue weighted by molar-refractivity contribution is -0.133. The summed E-state index contributed by atoms with van der Waals surface area (Å²) in [5.41, 5.74) is 3.42. The van der Waals surface area contributed by atoms with Crippen molar-refractivity contribution < 1.29 is 4.79 Å². The van der Waals surface area contributed by atoms with Crippen LogP contribution in [0.5, 0.6) is 0 Å². The maximum Gasteiger partial charge on any atom is 0.273 e. The Kier molecular flexibility index (Phi) is 4.71. The number of rotatable bonds is 4. The van der Waals surface area contributed by atoms with Crippen LogP contribution in [0.25, 0.3) is 11.0 Å². The molecular weight excluding hydrogens is 316 g/mol. The van der Waals surface area contributed by atoms with Gasteiger partial charge in [-0.15, -0.1) is 0 Å². The highest BCUT2D eigenvalue weighted by molar-refractivity contribution is 5.81. The van der Waals surface area contributed by atoms with E-state index < -0.39 is 0 Å². The molecule has 1 aliphatic heterocycles. The number of fused-ring (bicyclic) bond motifs is 1. The van der Waals surface area contributed by atoms with E-state index in [0.717, 1.165) is 36.1 Å². The van der Waals surface area contributed by atoms with Crippen molar-refractivity contribution in [2.24, 2.45) is 7.05 Å². The van der Waals surface area contributed by atoms with Gasteiger partial charge in [-0.3, -0.25) is 19.4 Å². The van der Waals surface area contributed by atoms with Crippen molar-refractivity contribution in [2.75, 3.05) is 0 Å². The zero-order chi connectivity index (χ0) is 18.3. The first-order chi connectivity index (χ1) is 11.8. The van der Waals surface area contributed by atoms with E-state index in [-0.39, 0.29) is 11.5 Å². The molecule has 2 atom stereocenters. The average molecular weight is 344 g/mol. The number of likely N-dealkylation sites (tertiary alicyclic amines) is 1. The summed E-state index contributed by atoms with van der Waals surface area (Å²) in [6.07, 6.45) is 4.32. The van der Waals surface area contributed by atoms with Gasteiger partial charge in [-0.25, -0.2) is 4.98 Å². The standard InChI is InChI=1S/C19H28N4O2/c1-6-14-8-7-11(2)23(14)16(24)10-9-15-12(3)17-18(20-13(15)4)22(5)21-19(17)25/h11,14H,6-10H2,1-5H3,(H,21,25)/t11-,14+/m0/s1. The molecule has 1 aliphatic rings. The van der Waals surface area contributed by atoms with Crippen molar-refractivity contribution in [3.05, 3.63) is 27.2 Å². The van der Waals surface area contributed by atoms with Gasteiger partial charge in [-0.05, 0) is 57.6 Å². The minimum absolute atomic E-state index is 0.116. The number of hydrogen-bond donors (Lipinski definition) is 1. The van der Waals surface area contributed by atoms with Crippen LogP contribution >= 0.6 is 0 Å². The van der Waals surface area contributed by atoms with Crippen molar-refractivity contribution in [3.8, 4) is 0 Å². The largest absolute Gasteiger partial charge is 0.337 e. The van der Waals surface area contributed by atoms with Crippen LogP contribution in [0.15, 0.2) is 4.79 Å². The third-order valence-electron chi connectivity index (χ3n) is 5.71. The fraction of sp³-hybridized carbons (Fsp3) is 0.632. The van der Waals surface area contributed by atoms with Crippen LogP contribution < -0.4 is 5.56 Å². The van der Waals surface area contributed by atoms with Gasteiger partial charge >= 0.3 is 0 Å². The summed E-state index contributed by atoms with van der Waals surface area (Å²) in [6.45, 7) is 8.20. The molecule has 0 saturated carbocycles. The van der Waals surface area contributed by atoms with Gasteiger partial charge in [0.05, 0.1) is 5.39 Å². The highest BCUT2D eigenvalue weighted by Gasteiger charge is 2.32. The third-order valence-corrected chi connectivity index (χ3v) is 5.71. The normalized spacial score (nSPS) is 20.6. The van der Waals surface area contributed by atoms with Crippen LogP contribution in [0.3, 0.4) is 0 Å². The maximum atomic E-state index is 12.8. The number of amides is 1. The first kappa shape index (κ1) is 17.7. The second kappa shape index (κ2) is 6.65. The molecule has 0 bridgehead atoms. The zero-order valence-electron chi connectivity index (χ0n) is 15.8. The van der Waals surface area contributed by atoms with Gasteiger partial charge in [0.15, 0.2) is 5.65 Å². The lowest BCUT2D eigenvalue weighted by Crippen LogP contribution is -2.39. The number of nitrogens with zero attached hydrogens (tertiary/aromatic N) is 3. The summed E-state index contributed by atoms with van der Waals surface area (Å²) in [5, 5.41) is 3.40. The van der Waals surface area contributed by atoms with Gasteiger partial charge in [0.2, 0.25) is 5.91 Å². The molecule has 1 saturated heterocycles. The second-order valence-electron chi connectivity index (χ2n) is 7.29. The van der Waals surface area contributed by atoms with Crippen LogP contribution in [0.2, 0.25) is 0 Å². The monoisotopic (exact) mass is 344 g/mol. The average Bonchev–Trinajstić information content (AvgIpc) is 3.06. The summed E-state index contributed by atoms with van der Waals surface area (Å²) in [4.78, 5) is 31.6. The molecule has 2 aromatic heterocycles. The molecule has 0 aromatic carbocycles. The van der Waals surface area contributed by atoms with Gasteiger partial charge in [-0.1, -0.05) is 6.92 Å². The molecule has 3 rings (SSSR count). The smallest absolute Gasteiger partial charge is 0.273 e. The van der Waals surface area contributed by atoms with Crippen molar-refractivity contribution in [1.82, 2.24) is 19.7 Å². The molecule has 2 aromatic rings. The first-order valence-electron chi connectivity index (χ1n) is 9.21. The number of hydrogen-bond acceptors (Lipinski definition) is 3. The number of aromatic nitrogens is 3. The van der Waals surface area contributed by atoms with E-state index in [4.69, 9.17) is 0 Å². The third kappa shape index (κ3) is 2.98. The van der Waals surface area contributed by atoms with E-state index in [1.807, 2.05) is 13.8 Å². The number of aryl methyl sites for hydroxylation is 3. The summed E-state index contributed by atoms with van der Waals surface area (Å²) >= 11 is 0. The number of H-pyrrole nitrogens is 1. The maximum absolute atomic E-state index is 12.8. The van der Waals surface area contributed by atoms with Crippen LogP contribution in [0.1, 0.15) is 56.4 Å². The quantitative estimate of drug-likeness (QED) is 0.927. The summed E-state index contributed by atoms with van der Waals surface area (Å²) in [5.74, 6) is 0.220. The van der Waals surface area contributed by atoms with Crippen molar-refractivity contribution >= 4 is 16.9 Å². The minimum atomic E-state index is -0.116. The Balaban J connectivity index is 1.85. The van der Waals surface area contributed by atoms with Crippen molar-refractivity contribution in [3.63, 3.8) is 0 Å². The van der Waals surface area contributed by atoms with Crippen LogP contribution in [0.4, 0.5) is 0 Å². The number of carbonyl (C=O) groups is 1. The van der Waals surface area contributed by atoms with Gasteiger partial charge in [0.1, 0.15) is 0 Å². The molecule has 136 valence electrons. The van der Waals surface area contributed by atoms with E-state index in [2.05, 4.69) is 28.8 Å². The Labute approximate surface area is 148 Å². The van der Waals surface area contributed by atoms with Gasteiger partial charge in [-0.2, -0.15) is 0 Å². The van der Waals surface area contributed by atoms with E-state index in [0.29, 0.717) is 36.0 Å². The molecule has 0 radical (unpaired) electrons. The van der Waals surface area contributed by atoms with Crippen LogP contribution in [0, 0.1) is 13.8 Å². The van der Waals surface area contributed by atoms with Gasteiger partial charge in [0.25, 0.3) is 5.56 Å². The molecule has 1 amide bonds. The molecule has 1 N–H and O–H groups in total. The lowest BCUT2D eigenvalue weighted by Gasteiger charge is -2.28. The van der Waals surface area contributed by atoms with Crippen LogP contribution in [-0.4, -0.2) is 37.7 Å². The Hall–Kier alpha value is -2.11. The predicted molar refractivity (Wildman–Crippen MR) is 98.8 cm³/mol. The molecule has 0 unspecified atom stereocenters. The Morgan fingerprint density at radius 1 is 1.32 bits per heavy atom. The summed E-state index contributed by atoms with van der Waals surface area (Å²) in [7, 11) is 1.79. The van der Waals surface area contributed by atoms with Gasteiger partial charge in [0, 0.05) is 31.2 Å². The Morgan fingerprint density at radius 2 is 2.04 bits per heavy atom. The number of pyridine rings is 1. The molecular formula is C19H28N4O2.